The van der Waals surface area contributed by atoms with E-state index in [0.717, 1.165) is 72.1 Å². The molecule has 0 fully saturated rings. The summed E-state index contributed by atoms with van der Waals surface area (Å²) in [6, 6.07) is 74.0. The largest absolute Gasteiger partial charge is 0.456 e. The van der Waals surface area contributed by atoms with Crippen LogP contribution >= 0.6 is 0 Å². The predicted molar refractivity (Wildman–Crippen MR) is 289 cm³/mol. The molecule has 13 aromatic rings. The standard InChI is InChI=1S/C66H45NO2/c1-65(2)55-22-12-9-19-47(55)49-29-26-39(36-57(49)65)67(40-27-30-50-48-20-10-13-23-56(48)66(3,4)58(50)37-40)41-34-52(38-25-28-46-44-17-6-5-15-42(44)43-16-7-8-18-45(43)53(46)33-38)64-54(35-41)63-61(69-64)32-31-60-62(63)51-21-11-14-24-59(51)68-60/h5-37H,1-4H3. The number of furan rings is 2. The van der Waals surface area contributed by atoms with Gasteiger partial charge < -0.3 is 13.7 Å². The fraction of sp³-hybridized carbons (Fsp3) is 0.0909. The summed E-state index contributed by atoms with van der Waals surface area (Å²) in [6.07, 6.45) is 0. The van der Waals surface area contributed by atoms with Gasteiger partial charge >= 0.3 is 0 Å². The second-order valence-electron chi connectivity index (χ2n) is 20.4. The lowest BCUT2D eigenvalue weighted by Crippen LogP contribution is -2.18. The third-order valence-corrected chi connectivity index (χ3v) is 16.0. The fourth-order valence-electron chi connectivity index (χ4n) is 12.7. The Balaban J connectivity index is 1.05. The van der Waals surface area contributed by atoms with Gasteiger partial charge in [0.25, 0.3) is 0 Å². The van der Waals surface area contributed by atoms with Gasteiger partial charge in [0.2, 0.25) is 0 Å². The van der Waals surface area contributed by atoms with E-state index in [1.807, 2.05) is 6.07 Å². The van der Waals surface area contributed by atoms with Crippen molar-refractivity contribution < 1.29 is 8.83 Å². The van der Waals surface area contributed by atoms with Crippen molar-refractivity contribution in [3.63, 3.8) is 0 Å². The molecule has 2 heterocycles. The van der Waals surface area contributed by atoms with Gasteiger partial charge in [-0.25, -0.2) is 0 Å². The van der Waals surface area contributed by atoms with Crippen LogP contribution in [0.3, 0.4) is 0 Å². The number of hydrogen-bond acceptors (Lipinski definition) is 3. The monoisotopic (exact) mass is 883 g/mol. The maximum atomic E-state index is 7.17. The highest BCUT2D eigenvalue weighted by atomic mass is 16.3. The molecule has 0 aliphatic heterocycles. The van der Waals surface area contributed by atoms with E-state index in [1.54, 1.807) is 0 Å². The van der Waals surface area contributed by atoms with E-state index in [4.69, 9.17) is 8.83 Å². The fourth-order valence-corrected chi connectivity index (χ4v) is 12.7. The van der Waals surface area contributed by atoms with Crippen LogP contribution in [-0.4, -0.2) is 0 Å². The molecule has 0 radical (unpaired) electrons. The summed E-state index contributed by atoms with van der Waals surface area (Å²) in [5.74, 6) is 0. The van der Waals surface area contributed by atoms with E-state index in [0.29, 0.717) is 0 Å². The number of fused-ring (bicyclic) bond motifs is 19. The van der Waals surface area contributed by atoms with Crippen LogP contribution in [0.5, 0.6) is 0 Å². The molecule has 0 bridgehead atoms. The predicted octanol–water partition coefficient (Wildman–Crippen LogP) is 18.7. The Morgan fingerprint density at radius 3 is 1.39 bits per heavy atom. The third kappa shape index (κ3) is 5.22. The number of anilines is 3. The Bertz CT molecular complexity index is 4250. The first kappa shape index (κ1) is 38.7. The van der Waals surface area contributed by atoms with Crippen molar-refractivity contribution in [1.29, 1.82) is 0 Å². The van der Waals surface area contributed by atoms with Crippen molar-refractivity contribution in [3.05, 3.63) is 222 Å². The normalized spacial score (nSPS) is 14.3. The number of rotatable bonds is 4. The van der Waals surface area contributed by atoms with Gasteiger partial charge in [-0.15, -0.1) is 0 Å². The first-order chi connectivity index (χ1) is 33.7. The second kappa shape index (κ2) is 13.6. The van der Waals surface area contributed by atoms with Crippen LogP contribution in [0.15, 0.2) is 209 Å². The topological polar surface area (TPSA) is 29.5 Å². The molecule has 0 saturated carbocycles. The molecule has 0 amide bonds. The molecule has 326 valence electrons. The van der Waals surface area contributed by atoms with E-state index in [-0.39, 0.29) is 10.8 Å². The highest BCUT2D eigenvalue weighted by molar-refractivity contribution is 6.29. The highest BCUT2D eigenvalue weighted by Gasteiger charge is 2.38. The van der Waals surface area contributed by atoms with Crippen molar-refractivity contribution in [3.8, 4) is 33.4 Å². The average molecular weight is 884 g/mol. The Kier molecular flexibility index (Phi) is 7.63. The molecule has 2 aliphatic rings. The zero-order valence-electron chi connectivity index (χ0n) is 38.8. The van der Waals surface area contributed by atoms with Crippen LogP contribution in [0.1, 0.15) is 49.9 Å². The molecule has 2 aliphatic carbocycles. The number of hydrogen-bond donors (Lipinski definition) is 0. The maximum Gasteiger partial charge on any atom is 0.143 e. The summed E-state index contributed by atoms with van der Waals surface area (Å²) in [6.45, 7) is 9.48. The first-order valence-corrected chi connectivity index (χ1v) is 24.2. The van der Waals surface area contributed by atoms with Gasteiger partial charge in [-0.2, -0.15) is 0 Å². The molecule has 0 saturated heterocycles. The molecule has 11 aromatic carbocycles. The molecular weight excluding hydrogens is 839 g/mol. The van der Waals surface area contributed by atoms with Crippen LogP contribution in [-0.2, 0) is 10.8 Å². The summed E-state index contributed by atoms with van der Waals surface area (Å²) < 4.78 is 13.7. The van der Waals surface area contributed by atoms with Crippen molar-refractivity contribution in [2.45, 2.75) is 38.5 Å². The van der Waals surface area contributed by atoms with E-state index >= 15 is 0 Å². The lowest BCUT2D eigenvalue weighted by Gasteiger charge is -2.30. The first-order valence-electron chi connectivity index (χ1n) is 24.2. The van der Waals surface area contributed by atoms with Crippen molar-refractivity contribution in [2.75, 3.05) is 4.90 Å². The van der Waals surface area contributed by atoms with Crippen LogP contribution in [0.4, 0.5) is 17.1 Å². The van der Waals surface area contributed by atoms with Crippen LogP contribution < -0.4 is 4.90 Å². The molecule has 0 N–H and O–H groups in total. The number of nitrogens with zero attached hydrogens (tertiary/aromatic N) is 1. The minimum atomic E-state index is -0.183. The van der Waals surface area contributed by atoms with Crippen LogP contribution in [0.25, 0.3) is 110 Å². The van der Waals surface area contributed by atoms with E-state index in [1.165, 1.54) is 76.8 Å². The third-order valence-electron chi connectivity index (χ3n) is 16.0. The van der Waals surface area contributed by atoms with Gasteiger partial charge in [0, 0.05) is 55.0 Å². The van der Waals surface area contributed by atoms with E-state index in [2.05, 4.69) is 227 Å². The molecule has 0 unspecified atom stereocenters. The molecule has 69 heavy (non-hydrogen) atoms. The maximum absolute atomic E-state index is 7.17. The van der Waals surface area contributed by atoms with Gasteiger partial charge in [-0.1, -0.05) is 167 Å². The van der Waals surface area contributed by atoms with Gasteiger partial charge in [0.05, 0.1) is 0 Å². The average Bonchev–Trinajstić information content (AvgIpc) is 4.09. The summed E-state index contributed by atoms with van der Waals surface area (Å²) in [7, 11) is 0. The van der Waals surface area contributed by atoms with Gasteiger partial charge in [-0.05, 0) is 143 Å². The molecule has 2 aromatic heterocycles. The molecule has 3 nitrogen and oxygen atoms in total. The summed E-state index contributed by atoms with van der Waals surface area (Å²) in [4.78, 5) is 2.50. The number of benzene rings is 11. The summed E-state index contributed by atoms with van der Waals surface area (Å²) >= 11 is 0. The van der Waals surface area contributed by atoms with E-state index in [9.17, 15) is 0 Å². The van der Waals surface area contributed by atoms with Gasteiger partial charge in [0.15, 0.2) is 0 Å². The van der Waals surface area contributed by atoms with Crippen LogP contribution in [0.2, 0.25) is 0 Å². The lowest BCUT2D eigenvalue weighted by molar-refractivity contribution is 0.660. The Morgan fingerprint density at radius 1 is 0.304 bits per heavy atom. The van der Waals surface area contributed by atoms with Crippen molar-refractivity contribution in [1.82, 2.24) is 0 Å². The molecule has 0 spiro atoms. The zero-order chi connectivity index (χ0) is 45.9. The quantitative estimate of drug-likeness (QED) is 0.165. The zero-order valence-corrected chi connectivity index (χ0v) is 38.8. The summed E-state index contributed by atoms with van der Waals surface area (Å²) in [5.41, 5.74) is 19.0. The van der Waals surface area contributed by atoms with Gasteiger partial charge in [-0.3, -0.25) is 0 Å². The SMILES string of the molecule is CC1(C)c2ccccc2-c2ccc(N(c3ccc4c(c3)C(C)(C)c3ccccc3-4)c3cc(-c4ccc5c6ccccc6c6ccccc6c5c4)c4oc5ccc6oc7ccccc7c6c5c4c3)cc21. The minimum absolute atomic E-state index is 0.183. The number of para-hydroxylation sites is 1. The Labute approximate surface area is 399 Å². The van der Waals surface area contributed by atoms with Gasteiger partial charge in [0.1, 0.15) is 22.3 Å². The summed E-state index contributed by atoms with van der Waals surface area (Å²) in [5, 5.41) is 11.7. The van der Waals surface area contributed by atoms with E-state index < -0.39 is 0 Å². The van der Waals surface area contributed by atoms with Crippen LogP contribution in [0, 0.1) is 0 Å². The Hall–Kier alpha value is -8.40. The molecule has 15 rings (SSSR count). The molecule has 0 atom stereocenters. The van der Waals surface area contributed by atoms with Crippen molar-refractivity contribution in [2.24, 2.45) is 0 Å². The Morgan fingerprint density at radius 2 is 0.783 bits per heavy atom. The smallest absolute Gasteiger partial charge is 0.143 e. The molecular formula is C66H45NO2. The minimum Gasteiger partial charge on any atom is -0.456 e. The second-order valence-corrected chi connectivity index (χ2v) is 20.4. The lowest BCUT2D eigenvalue weighted by atomic mass is 9.82. The van der Waals surface area contributed by atoms with Crippen molar-refractivity contribution >= 4 is 93.3 Å². The molecule has 3 heteroatoms. The highest BCUT2D eigenvalue weighted by Crippen LogP contribution is 2.54.